The number of halogens is 1. The molecule has 1 aromatic carbocycles. The van der Waals surface area contributed by atoms with E-state index in [-0.39, 0.29) is 11.8 Å². The first-order valence-corrected chi connectivity index (χ1v) is 9.76. The quantitative estimate of drug-likeness (QED) is 0.336. The molecule has 1 heterocycles. The molecule has 0 saturated heterocycles. The van der Waals surface area contributed by atoms with Gasteiger partial charge in [-0.15, -0.1) is 0 Å². The zero-order valence-electron chi connectivity index (χ0n) is 14.2. The van der Waals surface area contributed by atoms with Crippen molar-refractivity contribution in [2.24, 2.45) is 0 Å². The van der Waals surface area contributed by atoms with Crippen LogP contribution in [0.15, 0.2) is 24.3 Å². The van der Waals surface area contributed by atoms with Crippen molar-refractivity contribution in [2.75, 3.05) is 6.54 Å². The number of carbonyl (C=O) groups excluding carboxylic acids is 2. The SMILES string of the molecule is O=C(O)C(Br)CCCCCCCCCN1C(=O)c2ccccc2C1=O. The third-order valence-corrected chi connectivity index (χ3v) is 5.33. The van der Waals surface area contributed by atoms with Gasteiger partial charge in [-0.3, -0.25) is 19.3 Å². The van der Waals surface area contributed by atoms with Gasteiger partial charge in [0.2, 0.25) is 0 Å². The van der Waals surface area contributed by atoms with Crippen LogP contribution in [0.2, 0.25) is 0 Å². The molecule has 0 fully saturated rings. The molecule has 0 bridgehead atoms. The predicted molar refractivity (Wildman–Crippen MR) is 99.1 cm³/mol. The molecule has 0 spiro atoms. The Kier molecular flexibility index (Phi) is 7.62. The molecule has 1 aliphatic rings. The molecule has 1 aliphatic heterocycles. The Labute approximate surface area is 156 Å². The summed E-state index contributed by atoms with van der Waals surface area (Å²) in [5, 5.41) is 8.77. The number of fused-ring (bicyclic) bond motifs is 1. The molecule has 0 saturated carbocycles. The molecule has 0 aliphatic carbocycles. The molecular formula is C19H24BrNO4. The second kappa shape index (κ2) is 9.70. The van der Waals surface area contributed by atoms with Gasteiger partial charge in [0.25, 0.3) is 11.8 Å². The molecular weight excluding hydrogens is 386 g/mol. The maximum Gasteiger partial charge on any atom is 0.317 e. The smallest absolute Gasteiger partial charge is 0.317 e. The van der Waals surface area contributed by atoms with Crippen LogP contribution >= 0.6 is 15.9 Å². The number of carboxylic acids is 1. The monoisotopic (exact) mass is 409 g/mol. The van der Waals surface area contributed by atoms with E-state index in [1.807, 2.05) is 0 Å². The largest absolute Gasteiger partial charge is 0.480 e. The fourth-order valence-corrected chi connectivity index (χ4v) is 3.37. The van der Waals surface area contributed by atoms with Gasteiger partial charge in [0.15, 0.2) is 0 Å². The topological polar surface area (TPSA) is 74.7 Å². The molecule has 2 amide bonds. The van der Waals surface area contributed by atoms with E-state index in [1.165, 1.54) is 4.90 Å². The Bertz CT molecular complexity index is 597. The van der Waals surface area contributed by atoms with Gasteiger partial charge < -0.3 is 5.11 Å². The molecule has 2 rings (SSSR count). The van der Waals surface area contributed by atoms with Crippen LogP contribution < -0.4 is 0 Å². The third-order valence-electron chi connectivity index (χ3n) is 4.49. The summed E-state index contributed by atoms with van der Waals surface area (Å²) in [7, 11) is 0. The van der Waals surface area contributed by atoms with Gasteiger partial charge in [-0.2, -0.15) is 0 Å². The molecule has 1 atom stereocenters. The van der Waals surface area contributed by atoms with Gasteiger partial charge in [-0.1, -0.05) is 66.6 Å². The second-order valence-electron chi connectivity index (χ2n) is 6.38. The standard InChI is InChI=1S/C19H24BrNO4/c20-16(19(24)25)12-6-4-2-1-3-5-9-13-21-17(22)14-10-7-8-11-15(14)18(21)23/h7-8,10-11,16H,1-6,9,12-13H2,(H,24,25). The first-order valence-electron chi connectivity index (χ1n) is 8.84. The lowest BCUT2D eigenvalue weighted by Crippen LogP contribution is -2.30. The van der Waals surface area contributed by atoms with E-state index in [9.17, 15) is 14.4 Å². The average Bonchev–Trinajstić information content (AvgIpc) is 2.85. The summed E-state index contributed by atoms with van der Waals surface area (Å²) < 4.78 is 0. The van der Waals surface area contributed by atoms with Gasteiger partial charge in [0.05, 0.1) is 11.1 Å². The number of aliphatic carboxylic acids is 1. The van der Waals surface area contributed by atoms with Crippen LogP contribution in [0.25, 0.3) is 0 Å². The van der Waals surface area contributed by atoms with Crippen molar-refractivity contribution in [3.05, 3.63) is 35.4 Å². The minimum absolute atomic E-state index is 0.177. The highest BCUT2D eigenvalue weighted by molar-refractivity contribution is 9.10. The highest BCUT2D eigenvalue weighted by Crippen LogP contribution is 2.23. The van der Waals surface area contributed by atoms with E-state index in [2.05, 4.69) is 15.9 Å². The number of hydrogen-bond acceptors (Lipinski definition) is 3. The van der Waals surface area contributed by atoms with Crippen molar-refractivity contribution in [3.8, 4) is 0 Å². The van der Waals surface area contributed by atoms with E-state index in [4.69, 9.17) is 5.11 Å². The Balaban J connectivity index is 1.55. The molecule has 1 unspecified atom stereocenters. The van der Waals surface area contributed by atoms with Crippen LogP contribution in [0.5, 0.6) is 0 Å². The molecule has 136 valence electrons. The summed E-state index contributed by atoms with van der Waals surface area (Å²) in [6.07, 6.45) is 7.69. The zero-order chi connectivity index (χ0) is 18.2. The Morgan fingerprint density at radius 2 is 1.40 bits per heavy atom. The average molecular weight is 410 g/mol. The van der Waals surface area contributed by atoms with Crippen LogP contribution in [-0.2, 0) is 4.79 Å². The first-order chi connectivity index (χ1) is 12.0. The van der Waals surface area contributed by atoms with E-state index in [0.29, 0.717) is 24.1 Å². The minimum Gasteiger partial charge on any atom is -0.480 e. The molecule has 5 nitrogen and oxygen atoms in total. The number of hydrogen-bond donors (Lipinski definition) is 1. The van der Waals surface area contributed by atoms with Crippen molar-refractivity contribution < 1.29 is 19.5 Å². The zero-order valence-corrected chi connectivity index (χ0v) is 15.8. The lowest BCUT2D eigenvalue weighted by Gasteiger charge is -2.13. The molecule has 25 heavy (non-hydrogen) atoms. The number of carbonyl (C=O) groups is 3. The summed E-state index contributed by atoms with van der Waals surface area (Å²) >= 11 is 3.14. The summed E-state index contributed by atoms with van der Waals surface area (Å²) in [4.78, 5) is 36.0. The van der Waals surface area contributed by atoms with E-state index >= 15 is 0 Å². The highest BCUT2D eigenvalue weighted by atomic mass is 79.9. The molecule has 1 aromatic rings. The summed E-state index contributed by atoms with van der Waals surface area (Å²) in [6.45, 7) is 0.482. The number of rotatable bonds is 11. The minimum atomic E-state index is -0.798. The number of nitrogens with zero attached hydrogens (tertiary/aromatic N) is 1. The van der Waals surface area contributed by atoms with Crippen LogP contribution in [0, 0.1) is 0 Å². The lowest BCUT2D eigenvalue weighted by atomic mass is 10.1. The van der Waals surface area contributed by atoms with Crippen LogP contribution in [0.1, 0.15) is 72.1 Å². The number of alkyl halides is 1. The van der Waals surface area contributed by atoms with Gasteiger partial charge in [-0.25, -0.2) is 0 Å². The first kappa shape index (κ1) is 19.6. The van der Waals surface area contributed by atoms with Gasteiger partial charge in [0, 0.05) is 6.54 Å². The Morgan fingerprint density at radius 1 is 0.920 bits per heavy atom. The number of imide groups is 1. The van der Waals surface area contributed by atoms with Crippen molar-refractivity contribution in [1.29, 1.82) is 0 Å². The lowest BCUT2D eigenvalue weighted by molar-refractivity contribution is -0.136. The number of carboxylic acid groups (broad SMARTS) is 1. The number of amides is 2. The third kappa shape index (κ3) is 5.39. The van der Waals surface area contributed by atoms with Gasteiger partial charge >= 0.3 is 5.97 Å². The van der Waals surface area contributed by atoms with Crippen LogP contribution in [0.4, 0.5) is 0 Å². The van der Waals surface area contributed by atoms with E-state index in [1.54, 1.807) is 24.3 Å². The number of unbranched alkanes of at least 4 members (excludes halogenated alkanes) is 6. The molecule has 0 aromatic heterocycles. The van der Waals surface area contributed by atoms with Gasteiger partial charge in [0.1, 0.15) is 4.83 Å². The van der Waals surface area contributed by atoms with E-state index < -0.39 is 10.8 Å². The van der Waals surface area contributed by atoms with Crippen LogP contribution in [-0.4, -0.2) is 39.2 Å². The summed E-state index contributed by atoms with van der Waals surface area (Å²) in [5.41, 5.74) is 1.03. The highest BCUT2D eigenvalue weighted by Gasteiger charge is 2.34. The second-order valence-corrected chi connectivity index (χ2v) is 7.48. The Hall–Kier alpha value is -1.69. The van der Waals surface area contributed by atoms with Crippen molar-refractivity contribution >= 4 is 33.7 Å². The molecule has 1 N–H and O–H groups in total. The molecule has 6 heteroatoms. The normalized spacial score (nSPS) is 14.7. The van der Waals surface area contributed by atoms with Crippen molar-refractivity contribution in [3.63, 3.8) is 0 Å². The van der Waals surface area contributed by atoms with Gasteiger partial charge in [-0.05, 0) is 25.0 Å². The van der Waals surface area contributed by atoms with E-state index in [0.717, 1.165) is 44.9 Å². The fraction of sp³-hybridized carbons (Fsp3) is 0.526. The Morgan fingerprint density at radius 3 is 1.92 bits per heavy atom. The summed E-state index contributed by atoms with van der Waals surface area (Å²) in [6, 6.07) is 6.97. The summed E-state index contributed by atoms with van der Waals surface area (Å²) in [5.74, 6) is -1.15. The van der Waals surface area contributed by atoms with Crippen molar-refractivity contribution in [1.82, 2.24) is 4.90 Å². The number of benzene rings is 1. The van der Waals surface area contributed by atoms with Crippen LogP contribution in [0.3, 0.4) is 0 Å². The maximum absolute atomic E-state index is 12.2. The van der Waals surface area contributed by atoms with Crippen molar-refractivity contribution in [2.45, 2.75) is 56.2 Å². The maximum atomic E-state index is 12.2. The fourth-order valence-electron chi connectivity index (χ4n) is 3.04. The predicted octanol–water partition coefficient (Wildman–Crippen LogP) is 4.25. The molecule has 0 radical (unpaired) electrons.